The number of hydrogen-bond donors (Lipinski definition) is 1. The molecule has 3 aromatic rings. The Hall–Kier alpha value is -3.23. The van der Waals surface area contributed by atoms with Crippen LogP contribution in [0.4, 0.5) is 14.9 Å². The van der Waals surface area contributed by atoms with Gasteiger partial charge < -0.3 is 19.9 Å². The van der Waals surface area contributed by atoms with Crippen molar-refractivity contribution in [2.24, 2.45) is 0 Å². The van der Waals surface area contributed by atoms with Crippen LogP contribution in [0, 0.1) is 12.7 Å². The molecule has 1 N–H and O–H groups in total. The Kier molecular flexibility index (Phi) is 8.97. The number of nitrogens with zero attached hydrogens (tertiary/aromatic N) is 2. The van der Waals surface area contributed by atoms with Crippen molar-refractivity contribution < 1.29 is 18.7 Å². The third-order valence-electron chi connectivity index (χ3n) is 5.17. The number of nitrogens with one attached hydrogen (secondary N) is 1. The largest absolute Gasteiger partial charge is 0.383 e. The van der Waals surface area contributed by atoms with Crippen LogP contribution in [0.15, 0.2) is 66.0 Å². The fourth-order valence-electron chi connectivity index (χ4n) is 3.25. The van der Waals surface area contributed by atoms with Gasteiger partial charge in [-0.1, -0.05) is 42.5 Å². The van der Waals surface area contributed by atoms with Crippen LogP contribution in [0.3, 0.4) is 0 Å². The molecule has 1 heterocycles. The van der Waals surface area contributed by atoms with Crippen molar-refractivity contribution in [2.45, 2.75) is 20.0 Å². The fraction of sp³-hybridized carbons (Fsp3) is 0.280. The summed E-state index contributed by atoms with van der Waals surface area (Å²) < 4.78 is 19.1. The number of rotatable bonds is 10. The van der Waals surface area contributed by atoms with Crippen molar-refractivity contribution in [1.29, 1.82) is 0 Å². The second-order valence-electron chi connectivity index (χ2n) is 7.59. The molecule has 3 rings (SSSR count). The Morgan fingerprint density at radius 1 is 1.00 bits per heavy atom. The van der Waals surface area contributed by atoms with Gasteiger partial charge in [0.15, 0.2) is 0 Å². The summed E-state index contributed by atoms with van der Waals surface area (Å²) in [4.78, 5) is 30.4. The van der Waals surface area contributed by atoms with Crippen LogP contribution in [-0.2, 0) is 22.6 Å². The molecule has 0 unspecified atom stereocenters. The molecule has 0 aliphatic carbocycles. The monoisotopic (exact) mass is 469 g/mol. The SMILES string of the molecule is COCCN(CC(=O)N(Cc1ccccc1)Cc1sccc1C)C(=O)Nc1ccccc1F. The van der Waals surface area contributed by atoms with Crippen molar-refractivity contribution in [3.63, 3.8) is 0 Å². The third-order valence-corrected chi connectivity index (χ3v) is 6.17. The number of carbonyl (C=O) groups is 2. The number of halogens is 1. The van der Waals surface area contributed by atoms with E-state index in [0.29, 0.717) is 13.1 Å². The van der Waals surface area contributed by atoms with Gasteiger partial charge >= 0.3 is 6.03 Å². The van der Waals surface area contributed by atoms with Crippen molar-refractivity contribution in [1.82, 2.24) is 9.80 Å². The van der Waals surface area contributed by atoms with Gasteiger partial charge in [0.05, 0.1) is 18.8 Å². The topological polar surface area (TPSA) is 61.9 Å². The van der Waals surface area contributed by atoms with E-state index in [2.05, 4.69) is 5.32 Å². The Morgan fingerprint density at radius 2 is 1.73 bits per heavy atom. The van der Waals surface area contributed by atoms with Gasteiger partial charge in [0.2, 0.25) is 5.91 Å². The zero-order chi connectivity index (χ0) is 23.6. The molecule has 0 saturated heterocycles. The molecule has 0 radical (unpaired) electrons. The molecule has 3 amide bonds. The van der Waals surface area contributed by atoms with Gasteiger partial charge in [-0.25, -0.2) is 9.18 Å². The highest BCUT2D eigenvalue weighted by atomic mass is 32.1. The molecule has 0 spiro atoms. The number of ether oxygens (including phenoxy) is 1. The lowest BCUT2D eigenvalue weighted by molar-refractivity contribution is -0.133. The predicted octanol–water partition coefficient (Wildman–Crippen LogP) is 4.90. The van der Waals surface area contributed by atoms with Crippen LogP contribution >= 0.6 is 11.3 Å². The lowest BCUT2D eigenvalue weighted by atomic mass is 10.2. The fourth-order valence-corrected chi connectivity index (χ4v) is 4.17. The summed E-state index contributed by atoms with van der Waals surface area (Å²) >= 11 is 1.60. The van der Waals surface area contributed by atoms with Crippen LogP contribution in [0.5, 0.6) is 0 Å². The Labute approximate surface area is 197 Å². The summed E-state index contributed by atoms with van der Waals surface area (Å²) in [7, 11) is 1.52. The minimum absolute atomic E-state index is 0.0627. The molecule has 0 fully saturated rings. The Balaban J connectivity index is 1.77. The number of hydrogen-bond acceptors (Lipinski definition) is 4. The van der Waals surface area contributed by atoms with Crippen molar-refractivity contribution in [3.05, 3.63) is 87.9 Å². The molecule has 8 heteroatoms. The molecule has 33 heavy (non-hydrogen) atoms. The van der Waals surface area contributed by atoms with E-state index in [1.54, 1.807) is 28.4 Å². The van der Waals surface area contributed by atoms with E-state index in [0.717, 1.165) is 16.0 Å². The number of anilines is 1. The molecule has 0 aliphatic rings. The van der Waals surface area contributed by atoms with Gasteiger partial charge in [-0.2, -0.15) is 0 Å². The second kappa shape index (κ2) is 12.1. The van der Waals surface area contributed by atoms with Gasteiger partial charge in [0, 0.05) is 25.1 Å². The van der Waals surface area contributed by atoms with E-state index in [-0.39, 0.29) is 31.3 Å². The lowest BCUT2D eigenvalue weighted by Crippen LogP contribution is -2.45. The first-order chi connectivity index (χ1) is 16.0. The molecule has 6 nitrogen and oxygen atoms in total. The van der Waals surface area contributed by atoms with Crippen LogP contribution in [0.2, 0.25) is 0 Å². The molecule has 0 atom stereocenters. The minimum Gasteiger partial charge on any atom is -0.383 e. The number of carbonyl (C=O) groups excluding carboxylic acids is 2. The zero-order valence-electron chi connectivity index (χ0n) is 18.8. The molecule has 1 aromatic heterocycles. The molecule has 174 valence electrons. The van der Waals surface area contributed by atoms with Gasteiger partial charge in [-0.15, -0.1) is 11.3 Å². The smallest absolute Gasteiger partial charge is 0.322 e. The van der Waals surface area contributed by atoms with Gasteiger partial charge in [-0.05, 0) is 41.6 Å². The summed E-state index contributed by atoms with van der Waals surface area (Å²) in [6.45, 7) is 3.18. The summed E-state index contributed by atoms with van der Waals surface area (Å²) in [5.74, 6) is -0.741. The highest BCUT2D eigenvalue weighted by molar-refractivity contribution is 7.10. The Bertz CT molecular complexity index is 1060. The average molecular weight is 470 g/mol. The maximum atomic E-state index is 14.0. The molecule has 0 saturated carbocycles. The number of thiophene rings is 1. The van der Waals surface area contributed by atoms with Crippen molar-refractivity contribution in [3.8, 4) is 0 Å². The molecule has 2 aromatic carbocycles. The summed E-state index contributed by atoms with van der Waals surface area (Å²) in [5.41, 5.74) is 2.19. The number of benzene rings is 2. The summed E-state index contributed by atoms with van der Waals surface area (Å²) in [5, 5.41) is 4.56. The van der Waals surface area contributed by atoms with Gasteiger partial charge in [-0.3, -0.25) is 4.79 Å². The average Bonchev–Trinajstić information content (AvgIpc) is 3.22. The lowest BCUT2D eigenvalue weighted by Gasteiger charge is -2.28. The second-order valence-corrected chi connectivity index (χ2v) is 8.59. The maximum Gasteiger partial charge on any atom is 0.322 e. The van der Waals surface area contributed by atoms with E-state index in [1.807, 2.05) is 48.7 Å². The van der Waals surface area contributed by atoms with E-state index in [4.69, 9.17) is 4.74 Å². The number of urea groups is 1. The minimum atomic E-state index is -0.558. The van der Waals surface area contributed by atoms with E-state index < -0.39 is 11.8 Å². The maximum absolute atomic E-state index is 14.0. The van der Waals surface area contributed by atoms with E-state index >= 15 is 0 Å². The highest BCUT2D eigenvalue weighted by Crippen LogP contribution is 2.20. The molecular weight excluding hydrogens is 441 g/mol. The number of amides is 3. The Morgan fingerprint density at radius 3 is 2.39 bits per heavy atom. The number of methoxy groups -OCH3 is 1. The van der Waals surface area contributed by atoms with Gasteiger partial charge in [0.25, 0.3) is 0 Å². The van der Waals surface area contributed by atoms with E-state index in [9.17, 15) is 14.0 Å². The first-order valence-electron chi connectivity index (χ1n) is 10.6. The van der Waals surface area contributed by atoms with Crippen LogP contribution < -0.4 is 5.32 Å². The highest BCUT2D eigenvalue weighted by Gasteiger charge is 2.23. The third kappa shape index (κ3) is 7.13. The van der Waals surface area contributed by atoms with Gasteiger partial charge in [0.1, 0.15) is 12.4 Å². The molecule has 0 bridgehead atoms. The standard InChI is InChI=1S/C25H28FN3O3S/c1-19-12-15-33-23(19)17-29(16-20-8-4-3-5-9-20)24(30)18-28(13-14-32-2)25(31)27-22-11-7-6-10-21(22)26/h3-12,15H,13-14,16-18H2,1-2H3,(H,27,31). The first-order valence-corrected chi connectivity index (χ1v) is 11.5. The molecular formula is C25H28FN3O3S. The van der Waals surface area contributed by atoms with Crippen LogP contribution in [-0.4, -0.2) is 48.5 Å². The number of para-hydroxylation sites is 1. The van der Waals surface area contributed by atoms with Crippen molar-refractivity contribution in [2.75, 3.05) is 32.1 Å². The summed E-state index contributed by atoms with van der Waals surface area (Å²) in [6.07, 6.45) is 0. The first kappa shape index (κ1) is 24.4. The van der Waals surface area contributed by atoms with Crippen LogP contribution in [0.1, 0.15) is 16.0 Å². The predicted molar refractivity (Wildman–Crippen MR) is 129 cm³/mol. The zero-order valence-corrected chi connectivity index (χ0v) is 19.6. The normalized spacial score (nSPS) is 10.6. The molecule has 0 aliphatic heterocycles. The summed E-state index contributed by atoms with van der Waals surface area (Å²) in [6, 6.07) is 17.1. The number of aryl methyl sites for hydroxylation is 1. The van der Waals surface area contributed by atoms with Crippen molar-refractivity contribution >= 4 is 29.0 Å². The quantitative estimate of drug-likeness (QED) is 0.459. The van der Waals surface area contributed by atoms with Crippen LogP contribution in [0.25, 0.3) is 0 Å². The van der Waals surface area contributed by atoms with E-state index in [1.165, 1.54) is 24.1 Å².